The highest BCUT2D eigenvalue weighted by atomic mass is 32.2. The van der Waals surface area contributed by atoms with Crippen LogP contribution in [0.1, 0.15) is 6.42 Å². The maximum Gasteiger partial charge on any atom is 0.327 e. The number of hydrogen-bond donors (Lipinski definition) is 0. The summed E-state index contributed by atoms with van der Waals surface area (Å²) in [5.41, 5.74) is -1.47. The maximum absolute atomic E-state index is 12.7. The molecular formula is C14H18N2O6S. The minimum absolute atomic E-state index is 0.254. The quantitative estimate of drug-likeness (QED) is 0.480. The zero-order valence-corrected chi connectivity index (χ0v) is 13.9. The molecule has 8 nitrogen and oxygen atoms in total. The number of fused-ring (bicyclic) bond motifs is 3. The Labute approximate surface area is 137 Å². The smallest absolute Gasteiger partial charge is 0.327 e. The van der Waals surface area contributed by atoms with Crippen LogP contribution in [-0.2, 0) is 28.7 Å². The van der Waals surface area contributed by atoms with Gasteiger partial charge in [0.15, 0.2) is 0 Å². The van der Waals surface area contributed by atoms with Crippen molar-refractivity contribution in [3.8, 4) is 0 Å². The molecule has 126 valence electrons. The molecule has 4 atom stereocenters. The minimum Gasteiger partial charge on any atom is -0.469 e. The molecule has 3 aliphatic heterocycles. The summed E-state index contributed by atoms with van der Waals surface area (Å²) < 4.78 is 9.67. The molecule has 3 aliphatic rings. The molecule has 9 heteroatoms. The molecule has 0 aliphatic carbocycles. The van der Waals surface area contributed by atoms with Crippen molar-refractivity contribution >= 4 is 35.5 Å². The zero-order chi connectivity index (χ0) is 16.9. The summed E-state index contributed by atoms with van der Waals surface area (Å²) >= 11 is 1.57. The van der Waals surface area contributed by atoms with E-state index >= 15 is 0 Å². The Bertz CT molecular complexity index is 596. The highest BCUT2D eigenvalue weighted by molar-refractivity contribution is 7.99. The highest BCUT2D eigenvalue weighted by Gasteiger charge is 2.73. The van der Waals surface area contributed by atoms with Gasteiger partial charge in [-0.25, -0.2) is 0 Å². The standard InChI is InChI=1S/C14H18N2O6S/c1-15-11(18)9-7-5-23-6-16(7)14(13(20)22-3,4-8(17)21-2)10(9)12(15)19/h7,9-10H,4-6H2,1-3H3/t7-,9+,10-,14+/m0/s1. The molecule has 3 fully saturated rings. The zero-order valence-electron chi connectivity index (χ0n) is 13.1. The van der Waals surface area contributed by atoms with Crippen LogP contribution in [0.4, 0.5) is 0 Å². The van der Waals surface area contributed by atoms with E-state index in [1.54, 1.807) is 16.7 Å². The number of carbonyl (C=O) groups excluding carboxylic acids is 4. The average molecular weight is 342 g/mol. The van der Waals surface area contributed by atoms with Crippen LogP contribution in [0.5, 0.6) is 0 Å². The first-order chi connectivity index (χ1) is 10.9. The van der Waals surface area contributed by atoms with Gasteiger partial charge in [0.25, 0.3) is 0 Å². The fourth-order valence-electron chi connectivity index (χ4n) is 4.07. The summed E-state index contributed by atoms with van der Waals surface area (Å²) in [5.74, 6) is -2.44. The summed E-state index contributed by atoms with van der Waals surface area (Å²) in [6.07, 6.45) is -0.304. The SMILES string of the molecule is COC(=O)C[C@]1(C(=O)OC)[C@@H]2C(=O)N(C)C(=O)[C@@H]2[C@@H]2CSCN21. The van der Waals surface area contributed by atoms with Crippen LogP contribution in [0, 0.1) is 11.8 Å². The van der Waals surface area contributed by atoms with Crippen LogP contribution in [0.2, 0.25) is 0 Å². The topological polar surface area (TPSA) is 93.2 Å². The van der Waals surface area contributed by atoms with Crippen molar-refractivity contribution < 1.29 is 28.7 Å². The first-order valence-electron chi connectivity index (χ1n) is 7.21. The van der Waals surface area contributed by atoms with Gasteiger partial charge in [-0.2, -0.15) is 0 Å². The number of likely N-dealkylation sites (tertiary alicyclic amines) is 1. The van der Waals surface area contributed by atoms with Crippen LogP contribution in [0.25, 0.3) is 0 Å². The fourth-order valence-corrected chi connectivity index (χ4v) is 5.42. The van der Waals surface area contributed by atoms with Crippen molar-refractivity contribution in [2.24, 2.45) is 11.8 Å². The molecule has 0 saturated carbocycles. The average Bonchev–Trinajstić information content (AvgIpc) is 3.17. The number of amides is 2. The lowest BCUT2D eigenvalue weighted by Gasteiger charge is -2.37. The van der Waals surface area contributed by atoms with E-state index in [1.807, 2.05) is 0 Å². The van der Waals surface area contributed by atoms with Gasteiger partial charge in [-0.05, 0) is 0 Å². The second-order valence-electron chi connectivity index (χ2n) is 5.94. The number of hydrogen-bond acceptors (Lipinski definition) is 8. The number of thioether (sulfide) groups is 1. The van der Waals surface area contributed by atoms with E-state index in [-0.39, 0.29) is 18.4 Å². The Balaban J connectivity index is 2.15. The summed E-state index contributed by atoms with van der Waals surface area (Å²) in [4.78, 5) is 52.6. The molecule has 0 aromatic carbocycles. The van der Waals surface area contributed by atoms with Crippen molar-refractivity contribution in [2.75, 3.05) is 32.9 Å². The van der Waals surface area contributed by atoms with Crippen LogP contribution < -0.4 is 0 Å². The van der Waals surface area contributed by atoms with Gasteiger partial charge >= 0.3 is 11.9 Å². The Kier molecular flexibility index (Phi) is 3.88. The van der Waals surface area contributed by atoms with Gasteiger partial charge in [0.2, 0.25) is 11.8 Å². The molecule has 3 rings (SSSR count). The molecular weight excluding hydrogens is 324 g/mol. The number of ether oxygens (including phenoxy) is 2. The molecule has 0 N–H and O–H groups in total. The number of methoxy groups -OCH3 is 2. The molecule has 2 amide bonds. The molecule has 0 radical (unpaired) electrons. The normalized spacial score (nSPS) is 36.1. The Hall–Kier alpha value is -1.61. The van der Waals surface area contributed by atoms with Gasteiger partial charge in [-0.3, -0.25) is 29.0 Å². The Morgan fingerprint density at radius 1 is 1.26 bits per heavy atom. The summed E-state index contributed by atoms with van der Waals surface area (Å²) in [7, 11) is 3.86. The summed E-state index contributed by atoms with van der Waals surface area (Å²) in [5, 5.41) is 0. The van der Waals surface area contributed by atoms with E-state index in [0.29, 0.717) is 11.6 Å². The number of imide groups is 1. The monoisotopic (exact) mass is 342 g/mol. The van der Waals surface area contributed by atoms with E-state index in [9.17, 15) is 19.2 Å². The first-order valence-corrected chi connectivity index (χ1v) is 8.36. The van der Waals surface area contributed by atoms with Crippen molar-refractivity contribution in [2.45, 2.75) is 18.0 Å². The molecule has 3 saturated heterocycles. The van der Waals surface area contributed by atoms with E-state index in [1.165, 1.54) is 21.3 Å². The molecule has 0 aromatic rings. The Morgan fingerprint density at radius 2 is 1.96 bits per heavy atom. The lowest BCUT2D eigenvalue weighted by molar-refractivity contribution is -0.165. The summed E-state index contributed by atoms with van der Waals surface area (Å²) in [6, 6.07) is -0.254. The van der Waals surface area contributed by atoms with Crippen molar-refractivity contribution in [3.63, 3.8) is 0 Å². The van der Waals surface area contributed by atoms with E-state index < -0.39 is 35.2 Å². The second-order valence-corrected chi connectivity index (χ2v) is 6.94. The van der Waals surface area contributed by atoms with E-state index in [2.05, 4.69) is 0 Å². The maximum atomic E-state index is 12.7. The predicted molar refractivity (Wildman–Crippen MR) is 79.1 cm³/mol. The number of carbonyl (C=O) groups is 4. The molecule has 0 aromatic heterocycles. The molecule has 0 unspecified atom stereocenters. The molecule has 3 heterocycles. The number of rotatable bonds is 3. The largest absolute Gasteiger partial charge is 0.469 e. The van der Waals surface area contributed by atoms with Crippen molar-refractivity contribution in [1.82, 2.24) is 9.80 Å². The van der Waals surface area contributed by atoms with E-state index in [0.717, 1.165) is 4.90 Å². The second kappa shape index (κ2) is 5.48. The number of esters is 2. The summed E-state index contributed by atoms with van der Waals surface area (Å²) in [6.45, 7) is 0. The van der Waals surface area contributed by atoms with Gasteiger partial charge < -0.3 is 9.47 Å². The third-order valence-corrected chi connectivity index (χ3v) is 6.15. The van der Waals surface area contributed by atoms with Crippen LogP contribution >= 0.6 is 11.8 Å². The van der Waals surface area contributed by atoms with Gasteiger partial charge in [-0.15, -0.1) is 11.8 Å². The third kappa shape index (κ3) is 1.96. The van der Waals surface area contributed by atoms with Gasteiger partial charge in [0, 0.05) is 24.7 Å². The van der Waals surface area contributed by atoms with Crippen LogP contribution in [-0.4, -0.2) is 78.0 Å². The lowest BCUT2D eigenvalue weighted by atomic mass is 9.78. The fraction of sp³-hybridized carbons (Fsp3) is 0.714. The lowest BCUT2D eigenvalue weighted by Crippen LogP contribution is -2.59. The van der Waals surface area contributed by atoms with Gasteiger partial charge in [-0.1, -0.05) is 0 Å². The molecule has 23 heavy (non-hydrogen) atoms. The van der Waals surface area contributed by atoms with E-state index in [4.69, 9.17) is 9.47 Å². The molecule has 0 spiro atoms. The Morgan fingerprint density at radius 3 is 2.57 bits per heavy atom. The predicted octanol–water partition coefficient (Wildman–Crippen LogP) is -0.919. The van der Waals surface area contributed by atoms with Crippen molar-refractivity contribution in [1.29, 1.82) is 0 Å². The van der Waals surface area contributed by atoms with Crippen molar-refractivity contribution in [3.05, 3.63) is 0 Å². The third-order valence-electron chi connectivity index (χ3n) is 5.11. The van der Waals surface area contributed by atoms with Crippen LogP contribution in [0.15, 0.2) is 0 Å². The number of nitrogens with zero attached hydrogens (tertiary/aromatic N) is 2. The highest BCUT2D eigenvalue weighted by Crippen LogP contribution is 2.54. The van der Waals surface area contributed by atoms with Gasteiger partial charge in [0.1, 0.15) is 5.54 Å². The molecule has 0 bridgehead atoms. The van der Waals surface area contributed by atoms with Gasteiger partial charge in [0.05, 0.1) is 32.5 Å². The minimum atomic E-state index is -1.47. The van der Waals surface area contributed by atoms with Crippen LogP contribution in [0.3, 0.4) is 0 Å². The first kappa shape index (κ1) is 16.3.